The van der Waals surface area contributed by atoms with E-state index >= 15 is 0 Å². The lowest BCUT2D eigenvalue weighted by Gasteiger charge is -2.30. The van der Waals surface area contributed by atoms with Crippen LogP contribution in [0.25, 0.3) is 0 Å². The molecule has 0 aromatic heterocycles. The summed E-state index contributed by atoms with van der Waals surface area (Å²) < 4.78 is 0. The normalized spacial score (nSPS) is 22.2. The maximum Gasteiger partial charge on any atom is 0.225 e. The van der Waals surface area contributed by atoms with Gasteiger partial charge in [0.2, 0.25) is 11.8 Å². The number of hydrogen-bond donors (Lipinski definition) is 2. The average Bonchev–Trinajstić information content (AvgIpc) is 2.70. The lowest BCUT2D eigenvalue weighted by molar-refractivity contribution is -0.129. The molecule has 20 heavy (non-hydrogen) atoms. The summed E-state index contributed by atoms with van der Waals surface area (Å²) in [5.74, 6) is 0.156. The zero-order chi connectivity index (χ0) is 15.3. The van der Waals surface area contributed by atoms with E-state index in [1.165, 1.54) is 0 Å². The average molecular weight is 284 g/mol. The lowest BCUT2D eigenvalue weighted by Crippen LogP contribution is -2.49. The molecule has 0 saturated carbocycles. The third kappa shape index (κ3) is 4.47. The number of amides is 2. The zero-order valence-corrected chi connectivity index (χ0v) is 13.1. The van der Waals surface area contributed by atoms with E-state index in [9.17, 15) is 9.59 Å². The van der Waals surface area contributed by atoms with E-state index < -0.39 is 0 Å². The first-order valence-electron chi connectivity index (χ1n) is 7.52. The molecule has 1 aliphatic heterocycles. The molecular weight excluding hydrogens is 256 g/mol. The van der Waals surface area contributed by atoms with Gasteiger partial charge in [0.15, 0.2) is 0 Å². The number of nitrogens with one attached hydrogen (secondary N) is 1. The number of aliphatic hydroxyl groups is 1. The Labute approximate surface area is 121 Å². The van der Waals surface area contributed by atoms with Crippen LogP contribution in [-0.2, 0) is 9.59 Å². The summed E-state index contributed by atoms with van der Waals surface area (Å²) in [6.45, 7) is 9.33. The first kappa shape index (κ1) is 17.0. The minimum absolute atomic E-state index is 0.0493. The minimum Gasteiger partial charge on any atom is -0.396 e. The van der Waals surface area contributed by atoms with Crippen molar-refractivity contribution in [3.05, 3.63) is 0 Å². The highest BCUT2D eigenvalue weighted by Crippen LogP contribution is 2.21. The topological polar surface area (TPSA) is 69.6 Å². The number of rotatable bonds is 7. The molecule has 0 aromatic rings. The molecule has 0 radical (unpaired) electrons. The van der Waals surface area contributed by atoms with Crippen molar-refractivity contribution in [3.8, 4) is 0 Å². The standard InChI is InChI=1S/C15H28N2O3/c1-5-15(4,6-7-18)16-14(20)12-8-13(19)17(10-12)9-11(2)3/h11-12,18H,5-10H2,1-4H3,(H,16,20). The molecule has 2 unspecified atom stereocenters. The highest BCUT2D eigenvalue weighted by atomic mass is 16.3. The van der Waals surface area contributed by atoms with Crippen LogP contribution in [0.15, 0.2) is 0 Å². The molecule has 0 aromatic carbocycles. The second kappa shape index (κ2) is 7.07. The Morgan fingerprint density at radius 1 is 1.55 bits per heavy atom. The van der Waals surface area contributed by atoms with E-state index in [1.807, 2.05) is 13.8 Å². The van der Waals surface area contributed by atoms with Crippen LogP contribution >= 0.6 is 0 Å². The molecule has 0 bridgehead atoms. The molecule has 0 spiro atoms. The van der Waals surface area contributed by atoms with Crippen LogP contribution in [0, 0.1) is 11.8 Å². The van der Waals surface area contributed by atoms with Gasteiger partial charge in [-0.1, -0.05) is 20.8 Å². The Kier molecular flexibility index (Phi) is 5.99. The summed E-state index contributed by atoms with van der Waals surface area (Å²) >= 11 is 0. The van der Waals surface area contributed by atoms with Crippen molar-refractivity contribution >= 4 is 11.8 Å². The van der Waals surface area contributed by atoms with Gasteiger partial charge in [0.25, 0.3) is 0 Å². The second-order valence-corrected chi connectivity index (χ2v) is 6.47. The summed E-state index contributed by atoms with van der Waals surface area (Å²) in [6.07, 6.45) is 1.60. The second-order valence-electron chi connectivity index (χ2n) is 6.47. The largest absolute Gasteiger partial charge is 0.396 e. The van der Waals surface area contributed by atoms with Crippen LogP contribution in [0.2, 0.25) is 0 Å². The first-order valence-corrected chi connectivity index (χ1v) is 7.52. The van der Waals surface area contributed by atoms with E-state index in [0.29, 0.717) is 31.8 Å². The summed E-state index contributed by atoms with van der Waals surface area (Å²) in [6, 6.07) is 0. The molecule has 5 heteroatoms. The van der Waals surface area contributed by atoms with E-state index in [4.69, 9.17) is 5.11 Å². The third-order valence-corrected chi connectivity index (χ3v) is 4.04. The predicted octanol–water partition coefficient (Wildman–Crippen LogP) is 1.16. The van der Waals surface area contributed by atoms with Gasteiger partial charge in [-0.05, 0) is 25.7 Å². The van der Waals surface area contributed by atoms with Gasteiger partial charge in [-0.25, -0.2) is 0 Å². The van der Waals surface area contributed by atoms with Crippen LogP contribution in [-0.4, -0.2) is 47.1 Å². The van der Waals surface area contributed by atoms with Crippen molar-refractivity contribution in [2.24, 2.45) is 11.8 Å². The highest BCUT2D eigenvalue weighted by Gasteiger charge is 2.36. The van der Waals surface area contributed by atoms with Crippen molar-refractivity contribution in [1.82, 2.24) is 10.2 Å². The van der Waals surface area contributed by atoms with E-state index in [1.54, 1.807) is 4.90 Å². The van der Waals surface area contributed by atoms with Crippen LogP contribution in [0.1, 0.15) is 47.0 Å². The summed E-state index contributed by atoms with van der Waals surface area (Å²) in [5.41, 5.74) is -0.389. The molecule has 1 rings (SSSR count). The van der Waals surface area contributed by atoms with Gasteiger partial charge in [0.1, 0.15) is 0 Å². The Hall–Kier alpha value is -1.10. The van der Waals surface area contributed by atoms with Crippen molar-refractivity contribution in [1.29, 1.82) is 0 Å². The highest BCUT2D eigenvalue weighted by molar-refractivity contribution is 5.89. The zero-order valence-electron chi connectivity index (χ0n) is 13.1. The maximum atomic E-state index is 12.3. The Balaban J connectivity index is 2.59. The van der Waals surface area contributed by atoms with Crippen LogP contribution < -0.4 is 5.32 Å². The van der Waals surface area contributed by atoms with E-state index in [2.05, 4.69) is 19.2 Å². The molecular formula is C15H28N2O3. The molecule has 2 N–H and O–H groups in total. The van der Waals surface area contributed by atoms with Crippen molar-refractivity contribution < 1.29 is 14.7 Å². The van der Waals surface area contributed by atoms with Gasteiger partial charge in [-0.2, -0.15) is 0 Å². The number of carbonyl (C=O) groups excluding carboxylic acids is 2. The smallest absolute Gasteiger partial charge is 0.225 e. The fourth-order valence-electron chi connectivity index (χ4n) is 2.54. The third-order valence-electron chi connectivity index (χ3n) is 4.04. The van der Waals surface area contributed by atoms with Crippen molar-refractivity contribution in [2.75, 3.05) is 19.7 Å². The molecule has 1 aliphatic rings. The van der Waals surface area contributed by atoms with Gasteiger partial charge >= 0.3 is 0 Å². The summed E-state index contributed by atoms with van der Waals surface area (Å²) in [7, 11) is 0. The van der Waals surface area contributed by atoms with E-state index in [0.717, 1.165) is 6.42 Å². The fraction of sp³-hybridized carbons (Fsp3) is 0.867. The fourth-order valence-corrected chi connectivity index (χ4v) is 2.54. The summed E-state index contributed by atoms with van der Waals surface area (Å²) in [5, 5.41) is 12.1. The molecule has 1 heterocycles. The van der Waals surface area contributed by atoms with Crippen LogP contribution in [0.3, 0.4) is 0 Å². The molecule has 1 saturated heterocycles. The maximum absolute atomic E-state index is 12.3. The number of aliphatic hydroxyl groups excluding tert-OH is 1. The van der Waals surface area contributed by atoms with Gasteiger partial charge in [0.05, 0.1) is 5.92 Å². The molecule has 2 atom stereocenters. The Bertz CT molecular complexity index is 357. The number of carbonyl (C=O) groups is 2. The summed E-state index contributed by atoms with van der Waals surface area (Å²) in [4.78, 5) is 26.0. The van der Waals surface area contributed by atoms with Gasteiger partial charge in [0, 0.05) is 31.7 Å². The number of likely N-dealkylation sites (tertiary alicyclic amines) is 1. The Morgan fingerprint density at radius 3 is 2.70 bits per heavy atom. The monoisotopic (exact) mass is 284 g/mol. The molecule has 2 amide bonds. The molecule has 5 nitrogen and oxygen atoms in total. The van der Waals surface area contributed by atoms with E-state index in [-0.39, 0.29) is 29.9 Å². The Morgan fingerprint density at radius 2 is 2.20 bits per heavy atom. The van der Waals surface area contributed by atoms with Gasteiger partial charge in [-0.3, -0.25) is 9.59 Å². The quantitative estimate of drug-likeness (QED) is 0.737. The SMILES string of the molecule is CCC(C)(CCO)NC(=O)C1CC(=O)N(CC(C)C)C1. The number of nitrogens with zero attached hydrogens (tertiary/aromatic N) is 1. The molecule has 0 aliphatic carbocycles. The van der Waals surface area contributed by atoms with Crippen LogP contribution in [0.4, 0.5) is 0 Å². The molecule has 116 valence electrons. The van der Waals surface area contributed by atoms with Crippen LogP contribution in [0.5, 0.6) is 0 Å². The first-order chi connectivity index (χ1) is 9.31. The molecule has 1 fully saturated rings. The van der Waals surface area contributed by atoms with Crippen molar-refractivity contribution in [2.45, 2.75) is 52.5 Å². The van der Waals surface area contributed by atoms with Gasteiger partial charge in [-0.15, -0.1) is 0 Å². The van der Waals surface area contributed by atoms with Crippen molar-refractivity contribution in [3.63, 3.8) is 0 Å². The predicted molar refractivity (Wildman–Crippen MR) is 78.1 cm³/mol. The minimum atomic E-state index is -0.389. The van der Waals surface area contributed by atoms with Gasteiger partial charge < -0.3 is 15.3 Å². The lowest BCUT2D eigenvalue weighted by atomic mass is 9.93. The number of hydrogen-bond acceptors (Lipinski definition) is 3.